The summed E-state index contributed by atoms with van der Waals surface area (Å²) in [4.78, 5) is 23.0. The van der Waals surface area contributed by atoms with Crippen LogP contribution in [0.15, 0.2) is 12.4 Å². The van der Waals surface area contributed by atoms with Crippen molar-refractivity contribution in [3.8, 4) is 0 Å². The molecule has 9 heteroatoms. The van der Waals surface area contributed by atoms with Crippen molar-refractivity contribution in [1.29, 1.82) is 0 Å². The smallest absolute Gasteiger partial charge is 0.416 e. The van der Waals surface area contributed by atoms with Crippen LogP contribution in [-0.2, 0) is 14.8 Å². The van der Waals surface area contributed by atoms with Crippen molar-refractivity contribution in [2.24, 2.45) is 0 Å². The molecular formula is C18H26N4O4S. The lowest BCUT2D eigenvalue weighted by Gasteiger charge is -2.31. The Hall–Kier alpha value is -1.74. The Morgan fingerprint density at radius 2 is 1.96 bits per heavy atom. The zero-order valence-corrected chi connectivity index (χ0v) is 16.4. The molecule has 3 aliphatic rings. The first-order chi connectivity index (χ1) is 12.9. The highest BCUT2D eigenvalue weighted by atomic mass is 32.2. The van der Waals surface area contributed by atoms with Gasteiger partial charge in [0.15, 0.2) is 5.82 Å². The highest BCUT2D eigenvalue weighted by molar-refractivity contribution is 7.88. The fraction of sp³-hybridized carbons (Fsp3) is 0.722. The van der Waals surface area contributed by atoms with Crippen LogP contribution in [0.4, 0.5) is 10.6 Å². The van der Waals surface area contributed by atoms with E-state index < -0.39 is 10.0 Å². The monoisotopic (exact) mass is 394 g/mol. The van der Waals surface area contributed by atoms with Gasteiger partial charge in [-0.3, -0.25) is 9.88 Å². The normalized spacial score (nSPS) is 26.3. The summed E-state index contributed by atoms with van der Waals surface area (Å²) in [5, 5.41) is 0. The number of hydrogen-bond donors (Lipinski definition) is 0. The van der Waals surface area contributed by atoms with Gasteiger partial charge in [-0.15, -0.1) is 0 Å². The first kappa shape index (κ1) is 18.6. The Labute approximate surface area is 160 Å². The molecule has 1 amide bonds. The van der Waals surface area contributed by atoms with E-state index in [1.807, 2.05) is 0 Å². The molecule has 0 unspecified atom stereocenters. The Bertz CT molecular complexity index is 822. The molecule has 148 valence electrons. The third-order valence-electron chi connectivity index (χ3n) is 5.92. The average molecular weight is 394 g/mol. The van der Waals surface area contributed by atoms with Crippen LogP contribution in [0.2, 0.25) is 0 Å². The van der Waals surface area contributed by atoms with Crippen LogP contribution in [0, 0.1) is 0 Å². The van der Waals surface area contributed by atoms with E-state index in [9.17, 15) is 13.2 Å². The van der Waals surface area contributed by atoms with Gasteiger partial charge >= 0.3 is 6.09 Å². The van der Waals surface area contributed by atoms with Crippen LogP contribution >= 0.6 is 0 Å². The second-order valence-corrected chi connectivity index (χ2v) is 9.94. The summed E-state index contributed by atoms with van der Waals surface area (Å²) < 4.78 is 31.0. The van der Waals surface area contributed by atoms with Crippen molar-refractivity contribution < 1.29 is 17.9 Å². The van der Waals surface area contributed by atoms with Gasteiger partial charge in [0.2, 0.25) is 10.0 Å². The molecule has 1 aromatic heterocycles. The van der Waals surface area contributed by atoms with E-state index in [-0.39, 0.29) is 17.6 Å². The number of carbonyl (C=O) groups excluding carboxylic acids is 1. The van der Waals surface area contributed by atoms with Crippen LogP contribution < -0.4 is 4.90 Å². The van der Waals surface area contributed by atoms with E-state index in [1.165, 1.54) is 17.0 Å². The summed E-state index contributed by atoms with van der Waals surface area (Å²) in [7, 11) is -3.22. The summed E-state index contributed by atoms with van der Waals surface area (Å²) in [6.07, 6.45) is 10.9. The number of sulfonamides is 1. The molecule has 0 radical (unpaired) electrons. The van der Waals surface area contributed by atoms with Gasteiger partial charge in [-0.1, -0.05) is 6.42 Å². The summed E-state index contributed by atoms with van der Waals surface area (Å²) in [5.74, 6) is 0.486. The fourth-order valence-electron chi connectivity index (χ4n) is 4.44. The van der Waals surface area contributed by atoms with Gasteiger partial charge in [-0.25, -0.2) is 22.5 Å². The number of rotatable bonds is 3. The minimum Gasteiger partial charge on any atom is -0.441 e. The van der Waals surface area contributed by atoms with Gasteiger partial charge in [0.25, 0.3) is 0 Å². The predicted octanol–water partition coefficient (Wildman–Crippen LogP) is 2.28. The highest BCUT2D eigenvalue weighted by Gasteiger charge is 2.46. The lowest BCUT2D eigenvalue weighted by atomic mass is 9.85. The number of carbonyl (C=O) groups is 1. The van der Waals surface area contributed by atoms with Crippen molar-refractivity contribution in [2.75, 3.05) is 30.8 Å². The van der Waals surface area contributed by atoms with E-state index in [0.717, 1.165) is 44.2 Å². The molecule has 1 aliphatic carbocycles. The van der Waals surface area contributed by atoms with Crippen molar-refractivity contribution in [3.05, 3.63) is 18.1 Å². The number of hydrogen-bond acceptors (Lipinski definition) is 6. The molecule has 3 fully saturated rings. The minimum atomic E-state index is -3.22. The van der Waals surface area contributed by atoms with Gasteiger partial charge in [0.1, 0.15) is 5.60 Å². The molecule has 27 heavy (non-hydrogen) atoms. The van der Waals surface area contributed by atoms with E-state index in [1.54, 1.807) is 17.3 Å². The number of nitrogens with zero attached hydrogens (tertiary/aromatic N) is 4. The van der Waals surface area contributed by atoms with Crippen LogP contribution in [-0.4, -0.2) is 60.3 Å². The van der Waals surface area contributed by atoms with Gasteiger partial charge < -0.3 is 4.74 Å². The average Bonchev–Trinajstić information content (AvgIpc) is 2.97. The number of anilines is 1. The van der Waals surface area contributed by atoms with Crippen LogP contribution in [0.5, 0.6) is 0 Å². The Morgan fingerprint density at radius 3 is 2.70 bits per heavy atom. The van der Waals surface area contributed by atoms with Gasteiger partial charge in [-0.2, -0.15) is 0 Å². The summed E-state index contributed by atoms with van der Waals surface area (Å²) in [5.41, 5.74) is 0.351. The van der Waals surface area contributed by atoms with E-state index >= 15 is 0 Å². The number of ether oxygens (including phenoxy) is 1. The largest absolute Gasteiger partial charge is 0.441 e. The van der Waals surface area contributed by atoms with E-state index in [2.05, 4.69) is 9.97 Å². The quantitative estimate of drug-likeness (QED) is 0.781. The zero-order valence-electron chi connectivity index (χ0n) is 15.6. The maximum atomic E-state index is 12.5. The Morgan fingerprint density at radius 1 is 1.19 bits per heavy atom. The molecular weight excluding hydrogens is 368 g/mol. The number of amides is 1. The first-order valence-electron chi connectivity index (χ1n) is 9.64. The van der Waals surface area contributed by atoms with Crippen molar-refractivity contribution in [3.63, 3.8) is 0 Å². The molecule has 0 bridgehead atoms. The van der Waals surface area contributed by atoms with E-state index in [4.69, 9.17) is 4.74 Å². The summed E-state index contributed by atoms with van der Waals surface area (Å²) in [6.45, 7) is 1.47. The molecule has 1 aromatic rings. The van der Waals surface area contributed by atoms with Crippen LogP contribution in [0.3, 0.4) is 0 Å². The Kier molecular flexibility index (Phi) is 4.84. The summed E-state index contributed by atoms with van der Waals surface area (Å²) in [6, 6.07) is 0. The highest BCUT2D eigenvalue weighted by Crippen LogP contribution is 2.38. The summed E-state index contributed by atoms with van der Waals surface area (Å²) >= 11 is 0. The fourth-order valence-corrected chi connectivity index (χ4v) is 5.35. The van der Waals surface area contributed by atoms with Gasteiger partial charge in [0.05, 0.1) is 24.7 Å². The maximum Gasteiger partial charge on any atom is 0.416 e. The first-order valence-corrected chi connectivity index (χ1v) is 11.5. The number of aromatic nitrogens is 2. The minimum absolute atomic E-state index is 0.0109. The third kappa shape index (κ3) is 3.80. The van der Waals surface area contributed by atoms with Crippen LogP contribution in [0.1, 0.15) is 56.6 Å². The molecule has 1 spiro atoms. The lowest BCUT2D eigenvalue weighted by molar-refractivity contribution is 0.0260. The topological polar surface area (TPSA) is 92.7 Å². The second kappa shape index (κ2) is 7.01. The lowest BCUT2D eigenvalue weighted by Crippen LogP contribution is -2.39. The van der Waals surface area contributed by atoms with Crippen molar-refractivity contribution >= 4 is 21.9 Å². The van der Waals surface area contributed by atoms with Crippen molar-refractivity contribution in [2.45, 2.75) is 56.5 Å². The molecule has 0 N–H and O–H groups in total. The van der Waals surface area contributed by atoms with E-state index in [0.29, 0.717) is 25.5 Å². The van der Waals surface area contributed by atoms with Gasteiger partial charge in [0, 0.05) is 25.2 Å². The molecule has 1 saturated carbocycles. The predicted molar refractivity (Wildman–Crippen MR) is 100 cm³/mol. The molecule has 0 aromatic carbocycles. The standard InChI is InChI=1S/C18H26N4O4S/c1-27(24,25)21-9-5-6-14(12-21)15-10-19-11-16(20-15)22-13-18(26-17(22)23)7-3-2-4-8-18/h10-11,14H,2-9,12-13H2,1H3/t14-/m1/s1. The molecule has 2 saturated heterocycles. The second-order valence-electron chi connectivity index (χ2n) is 7.96. The SMILES string of the molecule is CS(=O)(=O)N1CCC[C@@H](c2cncc(N3CC4(CCCCC4)OC3=O)n2)C1. The molecule has 2 aliphatic heterocycles. The molecule has 1 atom stereocenters. The molecule has 3 heterocycles. The van der Waals surface area contributed by atoms with Gasteiger partial charge in [-0.05, 0) is 38.5 Å². The molecule has 4 rings (SSSR count). The zero-order chi connectivity index (χ0) is 19.1. The van der Waals surface area contributed by atoms with Crippen molar-refractivity contribution in [1.82, 2.24) is 14.3 Å². The number of piperidine rings is 1. The Balaban J connectivity index is 1.53. The third-order valence-corrected chi connectivity index (χ3v) is 7.19. The maximum absolute atomic E-state index is 12.5. The van der Waals surface area contributed by atoms with Crippen LogP contribution in [0.25, 0.3) is 0 Å². The molecule has 8 nitrogen and oxygen atoms in total.